The number of nitrogens with zero attached hydrogens (tertiary/aromatic N) is 1. The van der Waals surface area contributed by atoms with E-state index in [4.69, 9.17) is 4.74 Å². The van der Waals surface area contributed by atoms with Crippen LogP contribution in [0.4, 0.5) is 0 Å². The summed E-state index contributed by atoms with van der Waals surface area (Å²) < 4.78 is 33.5. The van der Waals surface area contributed by atoms with Crippen molar-refractivity contribution in [1.82, 2.24) is 4.31 Å². The Balaban J connectivity index is 2.04. The molecule has 1 saturated heterocycles. The molecule has 25 heavy (non-hydrogen) atoms. The molecule has 0 N–H and O–H groups in total. The van der Waals surface area contributed by atoms with Crippen molar-refractivity contribution in [1.29, 1.82) is 0 Å². The predicted molar refractivity (Wildman–Crippen MR) is 95.7 cm³/mol. The highest BCUT2D eigenvalue weighted by Crippen LogP contribution is 2.31. The van der Waals surface area contributed by atoms with Crippen molar-refractivity contribution in [2.24, 2.45) is 0 Å². The van der Waals surface area contributed by atoms with Crippen molar-refractivity contribution in [2.45, 2.75) is 24.3 Å². The molecular weight excluding hydrogens is 338 g/mol. The van der Waals surface area contributed by atoms with Crippen molar-refractivity contribution in [3.05, 3.63) is 54.6 Å². The standard InChI is InChI=1S/C19H21NO4S/c1-15(21)13-17-14-24-12-11-20(17)25(22,23)19-10-6-5-9-18(19)16-7-3-2-4-8-16/h2-10,17H,11-14H2,1H3/t17-/m0/s1. The Hall–Kier alpha value is -2.02. The van der Waals surface area contributed by atoms with Gasteiger partial charge in [0.05, 0.1) is 24.2 Å². The maximum absolute atomic E-state index is 13.3. The van der Waals surface area contributed by atoms with E-state index in [1.165, 1.54) is 11.2 Å². The molecule has 1 aliphatic rings. The largest absolute Gasteiger partial charge is 0.378 e. The number of morpholine rings is 1. The van der Waals surface area contributed by atoms with Crippen LogP contribution in [0.1, 0.15) is 13.3 Å². The molecule has 0 spiro atoms. The van der Waals surface area contributed by atoms with E-state index in [9.17, 15) is 13.2 Å². The lowest BCUT2D eigenvalue weighted by atomic mass is 10.1. The summed E-state index contributed by atoms with van der Waals surface area (Å²) in [7, 11) is -3.73. The van der Waals surface area contributed by atoms with E-state index >= 15 is 0 Å². The van der Waals surface area contributed by atoms with Gasteiger partial charge in [-0.15, -0.1) is 0 Å². The number of ketones is 1. The number of Topliss-reactive ketones (excluding diaryl/α,β-unsaturated/α-hetero) is 1. The average molecular weight is 359 g/mol. The Morgan fingerprint density at radius 1 is 1.12 bits per heavy atom. The van der Waals surface area contributed by atoms with Gasteiger partial charge in [0.15, 0.2) is 0 Å². The molecule has 0 aliphatic carbocycles. The second-order valence-electron chi connectivity index (χ2n) is 6.11. The van der Waals surface area contributed by atoms with Crippen LogP contribution in [0.5, 0.6) is 0 Å². The van der Waals surface area contributed by atoms with Crippen LogP contribution in [0.2, 0.25) is 0 Å². The maximum atomic E-state index is 13.3. The normalized spacial score (nSPS) is 18.8. The van der Waals surface area contributed by atoms with Crippen molar-refractivity contribution in [3.63, 3.8) is 0 Å². The SMILES string of the molecule is CC(=O)C[C@H]1COCCN1S(=O)(=O)c1ccccc1-c1ccccc1. The highest BCUT2D eigenvalue weighted by molar-refractivity contribution is 7.89. The summed E-state index contributed by atoms with van der Waals surface area (Å²) >= 11 is 0. The van der Waals surface area contributed by atoms with Crippen LogP contribution in [-0.4, -0.2) is 44.3 Å². The molecule has 0 amide bonds. The lowest BCUT2D eigenvalue weighted by molar-refractivity contribution is -0.118. The zero-order chi connectivity index (χ0) is 17.9. The predicted octanol–water partition coefficient (Wildman–Crippen LogP) is 2.72. The third kappa shape index (κ3) is 3.81. The Bertz CT molecular complexity index is 849. The molecule has 3 rings (SSSR count). The Morgan fingerprint density at radius 3 is 2.52 bits per heavy atom. The van der Waals surface area contributed by atoms with Gasteiger partial charge in [0, 0.05) is 18.5 Å². The fourth-order valence-corrected chi connectivity index (χ4v) is 4.93. The lowest BCUT2D eigenvalue weighted by Crippen LogP contribution is -2.49. The fourth-order valence-electron chi connectivity index (χ4n) is 3.12. The summed E-state index contributed by atoms with van der Waals surface area (Å²) in [6.07, 6.45) is 0.159. The van der Waals surface area contributed by atoms with Gasteiger partial charge in [0.1, 0.15) is 5.78 Å². The number of carbonyl (C=O) groups excluding carboxylic acids is 1. The van der Waals surface area contributed by atoms with Crippen LogP contribution < -0.4 is 0 Å². The highest BCUT2D eigenvalue weighted by atomic mass is 32.2. The van der Waals surface area contributed by atoms with E-state index in [2.05, 4.69) is 0 Å². The molecule has 2 aromatic carbocycles. The quantitative estimate of drug-likeness (QED) is 0.823. The summed E-state index contributed by atoms with van der Waals surface area (Å²) in [6, 6.07) is 16.0. The first-order valence-corrected chi connectivity index (χ1v) is 9.67. The molecule has 1 fully saturated rings. The van der Waals surface area contributed by atoms with Gasteiger partial charge >= 0.3 is 0 Å². The number of benzene rings is 2. The Kier molecular flexibility index (Phi) is 5.32. The smallest absolute Gasteiger partial charge is 0.244 e. The second-order valence-corrected chi connectivity index (χ2v) is 7.97. The molecule has 0 radical (unpaired) electrons. The monoisotopic (exact) mass is 359 g/mol. The molecule has 0 bridgehead atoms. The fraction of sp³-hybridized carbons (Fsp3) is 0.316. The van der Waals surface area contributed by atoms with E-state index in [0.717, 1.165) is 5.56 Å². The third-order valence-corrected chi connectivity index (χ3v) is 6.27. The van der Waals surface area contributed by atoms with Gasteiger partial charge in [0.2, 0.25) is 10.0 Å². The van der Waals surface area contributed by atoms with Crippen LogP contribution in [0.15, 0.2) is 59.5 Å². The molecule has 0 saturated carbocycles. The van der Waals surface area contributed by atoms with E-state index < -0.39 is 16.1 Å². The zero-order valence-electron chi connectivity index (χ0n) is 14.1. The van der Waals surface area contributed by atoms with E-state index in [0.29, 0.717) is 12.2 Å². The van der Waals surface area contributed by atoms with Crippen molar-refractivity contribution in [2.75, 3.05) is 19.8 Å². The summed E-state index contributed by atoms with van der Waals surface area (Å²) in [5, 5.41) is 0. The second kappa shape index (κ2) is 7.47. The van der Waals surface area contributed by atoms with E-state index in [1.54, 1.807) is 12.1 Å². The van der Waals surface area contributed by atoms with E-state index in [-0.39, 0.29) is 30.3 Å². The van der Waals surface area contributed by atoms with Crippen LogP contribution in [0.25, 0.3) is 11.1 Å². The zero-order valence-corrected chi connectivity index (χ0v) is 14.9. The third-order valence-electron chi connectivity index (χ3n) is 4.26. The summed E-state index contributed by atoms with van der Waals surface area (Å²) in [6.45, 7) is 2.30. The van der Waals surface area contributed by atoms with Crippen LogP contribution in [-0.2, 0) is 19.6 Å². The number of carbonyl (C=O) groups is 1. The van der Waals surface area contributed by atoms with Crippen LogP contribution in [0.3, 0.4) is 0 Å². The van der Waals surface area contributed by atoms with Gasteiger partial charge in [-0.05, 0) is 18.6 Å². The first kappa shape index (κ1) is 17.8. The molecular formula is C19H21NO4S. The molecule has 1 atom stereocenters. The number of rotatable bonds is 5. The van der Waals surface area contributed by atoms with Gasteiger partial charge in [-0.25, -0.2) is 8.42 Å². The molecule has 1 aliphatic heterocycles. The molecule has 132 valence electrons. The van der Waals surface area contributed by atoms with Crippen LogP contribution in [0, 0.1) is 0 Å². The summed E-state index contributed by atoms with van der Waals surface area (Å²) in [5.41, 5.74) is 1.51. The lowest BCUT2D eigenvalue weighted by Gasteiger charge is -2.34. The summed E-state index contributed by atoms with van der Waals surface area (Å²) in [4.78, 5) is 11.8. The Morgan fingerprint density at radius 2 is 1.80 bits per heavy atom. The minimum atomic E-state index is -3.73. The number of sulfonamides is 1. The van der Waals surface area contributed by atoms with Crippen molar-refractivity contribution >= 4 is 15.8 Å². The van der Waals surface area contributed by atoms with E-state index in [1.807, 2.05) is 42.5 Å². The van der Waals surface area contributed by atoms with Gasteiger partial charge < -0.3 is 4.74 Å². The molecule has 0 aromatic heterocycles. The first-order chi connectivity index (χ1) is 12.0. The summed E-state index contributed by atoms with van der Waals surface area (Å²) in [5.74, 6) is -0.0490. The first-order valence-electron chi connectivity index (χ1n) is 8.23. The topological polar surface area (TPSA) is 63.7 Å². The molecule has 2 aromatic rings. The Labute approximate surface area is 148 Å². The minimum Gasteiger partial charge on any atom is -0.378 e. The maximum Gasteiger partial charge on any atom is 0.244 e. The van der Waals surface area contributed by atoms with Crippen molar-refractivity contribution in [3.8, 4) is 11.1 Å². The van der Waals surface area contributed by atoms with Crippen molar-refractivity contribution < 1.29 is 17.9 Å². The number of hydrogen-bond acceptors (Lipinski definition) is 4. The van der Waals surface area contributed by atoms with Gasteiger partial charge in [-0.2, -0.15) is 4.31 Å². The van der Waals surface area contributed by atoms with Gasteiger partial charge in [-0.3, -0.25) is 4.79 Å². The van der Waals surface area contributed by atoms with Gasteiger partial charge in [-0.1, -0.05) is 48.5 Å². The molecule has 5 nitrogen and oxygen atoms in total. The highest BCUT2D eigenvalue weighted by Gasteiger charge is 2.35. The average Bonchev–Trinajstić information content (AvgIpc) is 2.62. The minimum absolute atomic E-state index is 0.0490. The van der Waals surface area contributed by atoms with Crippen LogP contribution >= 0.6 is 0 Å². The van der Waals surface area contributed by atoms with Gasteiger partial charge in [0.25, 0.3) is 0 Å². The molecule has 1 heterocycles. The molecule has 6 heteroatoms. The molecule has 0 unspecified atom stereocenters. The number of hydrogen-bond donors (Lipinski definition) is 0. The number of ether oxygens (including phenoxy) is 1.